The summed E-state index contributed by atoms with van der Waals surface area (Å²) in [6.07, 6.45) is 0.423. The molecule has 0 bridgehead atoms. The highest BCUT2D eigenvalue weighted by Gasteiger charge is 2.31. The molecule has 1 fully saturated rings. The molecule has 1 aliphatic rings. The Labute approximate surface area is 107 Å². The molecule has 1 saturated heterocycles. The molecule has 6 nitrogen and oxygen atoms in total. The van der Waals surface area contributed by atoms with Crippen molar-refractivity contribution in [3.05, 3.63) is 0 Å². The first-order chi connectivity index (χ1) is 8.10. The van der Waals surface area contributed by atoms with Gasteiger partial charge in [-0.05, 0) is 11.8 Å². The molecule has 1 heterocycles. The molecule has 1 rings (SSSR count). The van der Waals surface area contributed by atoms with Crippen LogP contribution in [0.15, 0.2) is 0 Å². The van der Waals surface area contributed by atoms with Gasteiger partial charge < -0.3 is 10.4 Å². The number of aliphatic carboxylic acids is 1. The Hall–Kier alpha value is -1.11. The highest BCUT2D eigenvalue weighted by Crippen LogP contribution is 2.25. The van der Waals surface area contributed by atoms with Crippen molar-refractivity contribution in [3.63, 3.8) is 0 Å². The predicted octanol–water partition coefficient (Wildman–Crippen LogP) is 0.181. The summed E-state index contributed by atoms with van der Waals surface area (Å²) in [5.74, 6) is -1.14. The Balaban J connectivity index is 2.45. The fourth-order valence-corrected chi connectivity index (χ4v) is 3.77. The molecule has 0 spiro atoms. The van der Waals surface area contributed by atoms with Gasteiger partial charge in [0.05, 0.1) is 17.9 Å². The van der Waals surface area contributed by atoms with E-state index in [4.69, 9.17) is 5.11 Å². The van der Waals surface area contributed by atoms with E-state index in [2.05, 4.69) is 5.32 Å². The van der Waals surface area contributed by atoms with Crippen LogP contribution in [0.5, 0.6) is 0 Å². The maximum atomic E-state index is 11.7. The third-order valence-electron chi connectivity index (χ3n) is 2.87. The van der Waals surface area contributed by atoms with Crippen molar-refractivity contribution in [1.82, 2.24) is 5.32 Å². The van der Waals surface area contributed by atoms with Crippen LogP contribution >= 0.6 is 0 Å². The number of hydrogen-bond acceptors (Lipinski definition) is 4. The van der Waals surface area contributed by atoms with Crippen LogP contribution in [-0.2, 0) is 19.4 Å². The summed E-state index contributed by atoms with van der Waals surface area (Å²) in [5, 5.41) is 11.4. The number of amides is 1. The Morgan fingerprint density at radius 1 is 1.33 bits per heavy atom. The molecule has 7 heteroatoms. The van der Waals surface area contributed by atoms with Crippen molar-refractivity contribution in [2.75, 3.05) is 11.5 Å². The number of carboxylic acids is 1. The number of carbonyl (C=O) groups is 2. The summed E-state index contributed by atoms with van der Waals surface area (Å²) in [6.45, 7) is 3.40. The average molecular weight is 277 g/mol. The van der Waals surface area contributed by atoms with E-state index in [1.165, 1.54) is 0 Å². The highest BCUT2D eigenvalue weighted by molar-refractivity contribution is 7.91. The molecule has 18 heavy (non-hydrogen) atoms. The highest BCUT2D eigenvalue weighted by atomic mass is 32.2. The third kappa shape index (κ3) is 5.03. The van der Waals surface area contributed by atoms with E-state index in [1.54, 1.807) is 13.8 Å². The topological polar surface area (TPSA) is 101 Å². The van der Waals surface area contributed by atoms with Gasteiger partial charge in [-0.25, -0.2) is 8.42 Å². The van der Waals surface area contributed by atoms with Gasteiger partial charge in [-0.1, -0.05) is 13.8 Å². The van der Waals surface area contributed by atoms with Crippen molar-refractivity contribution >= 4 is 21.7 Å². The van der Waals surface area contributed by atoms with Crippen molar-refractivity contribution < 1.29 is 23.1 Å². The Kier molecular flexibility index (Phi) is 4.37. The number of rotatable bonds is 5. The van der Waals surface area contributed by atoms with Gasteiger partial charge in [0, 0.05) is 12.5 Å². The Bertz CT molecular complexity index is 440. The Morgan fingerprint density at radius 3 is 2.39 bits per heavy atom. The molecule has 1 unspecified atom stereocenters. The summed E-state index contributed by atoms with van der Waals surface area (Å²) in [7, 11) is -3.01. The van der Waals surface area contributed by atoms with E-state index in [1.807, 2.05) is 0 Å². The molecule has 1 aliphatic heterocycles. The largest absolute Gasteiger partial charge is 0.481 e. The lowest BCUT2D eigenvalue weighted by atomic mass is 9.85. The van der Waals surface area contributed by atoms with Crippen LogP contribution in [0.25, 0.3) is 0 Å². The second-order valence-electron chi connectivity index (χ2n) is 5.58. The molecule has 1 atom stereocenters. The number of sulfone groups is 1. The number of carbonyl (C=O) groups excluding carboxylic acids is 1. The molecule has 104 valence electrons. The first kappa shape index (κ1) is 14.9. The first-order valence-corrected chi connectivity index (χ1v) is 7.63. The van der Waals surface area contributed by atoms with Gasteiger partial charge in [-0.15, -0.1) is 0 Å². The van der Waals surface area contributed by atoms with Gasteiger partial charge >= 0.3 is 5.97 Å². The van der Waals surface area contributed by atoms with Gasteiger partial charge in [-0.3, -0.25) is 9.59 Å². The second-order valence-corrected chi connectivity index (χ2v) is 7.81. The van der Waals surface area contributed by atoms with E-state index >= 15 is 0 Å². The minimum Gasteiger partial charge on any atom is -0.481 e. The molecule has 0 aliphatic carbocycles. The minimum atomic E-state index is -3.01. The molecule has 0 aromatic rings. The zero-order chi connectivity index (χ0) is 14.0. The monoisotopic (exact) mass is 277 g/mol. The van der Waals surface area contributed by atoms with Crippen LogP contribution in [-0.4, -0.2) is 42.9 Å². The van der Waals surface area contributed by atoms with E-state index in [0.717, 1.165) is 0 Å². The van der Waals surface area contributed by atoms with Crippen LogP contribution < -0.4 is 5.32 Å². The molecule has 0 aromatic heterocycles. The van der Waals surface area contributed by atoms with Crippen molar-refractivity contribution in [2.24, 2.45) is 5.41 Å². The van der Waals surface area contributed by atoms with E-state index < -0.39 is 21.2 Å². The zero-order valence-corrected chi connectivity index (χ0v) is 11.4. The summed E-state index contributed by atoms with van der Waals surface area (Å²) >= 11 is 0. The second kappa shape index (κ2) is 5.26. The zero-order valence-electron chi connectivity index (χ0n) is 10.6. The number of carboxylic acid groups (broad SMARTS) is 1. The lowest BCUT2D eigenvalue weighted by Crippen LogP contribution is -2.38. The van der Waals surface area contributed by atoms with Crippen molar-refractivity contribution in [1.29, 1.82) is 0 Å². The van der Waals surface area contributed by atoms with Crippen LogP contribution in [0.4, 0.5) is 0 Å². The smallest absolute Gasteiger partial charge is 0.303 e. The van der Waals surface area contributed by atoms with Gasteiger partial charge in [0.2, 0.25) is 5.91 Å². The molecule has 0 aromatic carbocycles. The minimum absolute atomic E-state index is 0.0158. The normalized spacial score (nSPS) is 22.7. The van der Waals surface area contributed by atoms with Gasteiger partial charge in [0.25, 0.3) is 0 Å². The van der Waals surface area contributed by atoms with E-state index in [0.29, 0.717) is 6.42 Å². The number of hydrogen-bond donors (Lipinski definition) is 2. The van der Waals surface area contributed by atoms with Crippen LogP contribution in [0, 0.1) is 5.41 Å². The fourth-order valence-electron chi connectivity index (χ4n) is 2.09. The predicted molar refractivity (Wildman–Crippen MR) is 65.9 cm³/mol. The summed E-state index contributed by atoms with van der Waals surface area (Å²) < 4.78 is 22.4. The number of nitrogens with one attached hydrogen (secondary N) is 1. The van der Waals surface area contributed by atoms with Gasteiger partial charge in [0.1, 0.15) is 0 Å². The van der Waals surface area contributed by atoms with Gasteiger partial charge in [-0.2, -0.15) is 0 Å². The first-order valence-electron chi connectivity index (χ1n) is 5.81. The SMILES string of the molecule is CC(C)(CC(=O)O)CC(=O)NC1CCS(=O)(=O)C1. The van der Waals surface area contributed by atoms with Crippen molar-refractivity contribution in [3.8, 4) is 0 Å². The summed E-state index contributed by atoms with van der Waals surface area (Å²) in [5.41, 5.74) is -0.632. The standard InChI is InChI=1S/C11H19NO5S/c1-11(2,6-10(14)15)5-9(13)12-8-3-4-18(16,17)7-8/h8H,3-7H2,1-2H3,(H,12,13)(H,14,15). The lowest BCUT2D eigenvalue weighted by Gasteiger charge is -2.22. The van der Waals surface area contributed by atoms with E-state index in [-0.39, 0.29) is 36.3 Å². The van der Waals surface area contributed by atoms with Crippen LogP contribution in [0.1, 0.15) is 33.1 Å². The summed E-state index contributed by atoms with van der Waals surface area (Å²) in [4.78, 5) is 22.3. The third-order valence-corrected chi connectivity index (χ3v) is 4.63. The molecule has 2 N–H and O–H groups in total. The maximum absolute atomic E-state index is 11.7. The van der Waals surface area contributed by atoms with Crippen LogP contribution in [0.2, 0.25) is 0 Å². The summed E-state index contributed by atoms with van der Waals surface area (Å²) in [6, 6.07) is -0.330. The Morgan fingerprint density at radius 2 is 1.94 bits per heavy atom. The van der Waals surface area contributed by atoms with Crippen molar-refractivity contribution in [2.45, 2.75) is 39.2 Å². The lowest BCUT2D eigenvalue weighted by molar-refractivity contribution is -0.139. The molecule has 1 amide bonds. The molecular formula is C11H19NO5S. The van der Waals surface area contributed by atoms with E-state index in [9.17, 15) is 18.0 Å². The van der Waals surface area contributed by atoms with Crippen LogP contribution in [0.3, 0.4) is 0 Å². The quantitative estimate of drug-likeness (QED) is 0.746. The molecule has 0 radical (unpaired) electrons. The fraction of sp³-hybridized carbons (Fsp3) is 0.818. The van der Waals surface area contributed by atoms with Gasteiger partial charge in [0.15, 0.2) is 9.84 Å². The average Bonchev–Trinajstić information content (AvgIpc) is 2.40. The molecular weight excluding hydrogens is 258 g/mol. The maximum Gasteiger partial charge on any atom is 0.303 e. The molecule has 0 saturated carbocycles.